The minimum absolute atomic E-state index is 0.00669. The monoisotopic (exact) mass is 681 g/mol. The Kier molecular flexibility index (Phi) is 11.2. The van der Waals surface area contributed by atoms with Gasteiger partial charge in [0.1, 0.15) is 21.4 Å². The largest absolute Gasteiger partial charge is 0.493 e. The zero-order valence-electron chi connectivity index (χ0n) is 26.0. The molecule has 1 unspecified atom stereocenters. The number of unbranched alkanes of at least 4 members (excludes halogenated alkanes) is 1. The number of nitrogens with one attached hydrogen (secondary N) is 1. The van der Waals surface area contributed by atoms with Crippen LogP contribution in [0.1, 0.15) is 53.4 Å². The minimum atomic E-state index is -3.63. The Balaban J connectivity index is 1.42. The fourth-order valence-electron chi connectivity index (χ4n) is 4.87. The molecule has 0 saturated carbocycles. The fraction of sp³-hybridized carbons (Fsp3) is 0.364. The highest BCUT2D eigenvalue weighted by atomic mass is 32.2. The lowest BCUT2D eigenvalue weighted by molar-refractivity contribution is 0.233. The summed E-state index contributed by atoms with van der Waals surface area (Å²) in [7, 11) is -3.63. The smallest absolute Gasteiger partial charge is 0.233 e. The summed E-state index contributed by atoms with van der Waals surface area (Å²) in [5, 5.41) is 15.5. The van der Waals surface area contributed by atoms with Gasteiger partial charge in [-0.25, -0.2) is 13.4 Å². The molecule has 2 aromatic carbocycles. The first-order valence-electron chi connectivity index (χ1n) is 15.2. The summed E-state index contributed by atoms with van der Waals surface area (Å²) >= 11 is 4.64. The number of aromatic nitrogens is 1. The second-order valence-corrected chi connectivity index (χ2v) is 15.9. The van der Waals surface area contributed by atoms with Gasteiger partial charge in [-0.1, -0.05) is 58.3 Å². The van der Waals surface area contributed by atoms with Crippen molar-refractivity contribution in [2.75, 3.05) is 22.0 Å². The van der Waals surface area contributed by atoms with E-state index in [2.05, 4.69) is 38.7 Å². The van der Waals surface area contributed by atoms with Crippen LogP contribution in [0.25, 0.3) is 10.2 Å². The normalized spacial score (nSPS) is 12.7. The predicted octanol–water partition coefficient (Wildman–Crippen LogP) is 11.3. The summed E-state index contributed by atoms with van der Waals surface area (Å²) in [6, 6.07) is 19.5. The molecule has 12 heteroatoms. The average molecular weight is 682 g/mol. The second kappa shape index (κ2) is 15.3. The van der Waals surface area contributed by atoms with Crippen molar-refractivity contribution in [2.45, 2.75) is 53.4 Å². The zero-order chi connectivity index (χ0) is 31.8. The van der Waals surface area contributed by atoms with Gasteiger partial charge in [0.15, 0.2) is 0 Å². The molecular formula is C33H39N5O3S4. The van der Waals surface area contributed by atoms with Crippen LogP contribution in [0.15, 0.2) is 81.7 Å². The van der Waals surface area contributed by atoms with Crippen LogP contribution in [0.5, 0.6) is 5.75 Å². The van der Waals surface area contributed by atoms with Crippen LogP contribution in [0.3, 0.4) is 0 Å². The number of ether oxygens (including phenoxy) is 1. The third kappa shape index (κ3) is 8.90. The number of hydrogen-bond donors (Lipinski definition) is 1. The molecule has 0 aliphatic rings. The average Bonchev–Trinajstić information content (AvgIpc) is 3.79. The third-order valence-corrected chi connectivity index (χ3v) is 11.4. The first-order valence-corrected chi connectivity index (χ1v) is 19.4. The van der Waals surface area contributed by atoms with Gasteiger partial charge in [-0.2, -0.15) is 0 Å². The fourth-order valence-corrected chi connectivity index (χ4v) is 8.73. The van der Waals surface area contributed by atoms with Gasteiger partial charge in [0, 0.05) is 5.69 Å². The quantitative estimate of drug-likeness (QED) is 0.105. The molecule has 0 saturated heterocycles. The van der Waals surface area contributed by atoms with Crippen molar-refractivity contribution in [3.63, 3.8) is 0 Å². The Hall–Kier alpha value is -3.32. The molecule has 0 amide bonds. The highest BCUT2D eigenvalue weighted by Crippen LogP contribution is 2.43. The van der Waals surface area contributed by atoms with Crippen LogP contribution in [0, 0.1) is 11.8 Å². The van der Waals surface area contributed by atoms with Gasteiger partial charge < -0.3 is 4.74 Å². The number of anilines is 4. The van der Waals surface area contributed by atoms with Crippen LogP contribution in [-0.4, -0.2) is 25.8 Å². The van der Waals surface area contributed by atoms with Gasteiger partial charge in [0.25, 0.3) is 0 Å². The number of thiazole rings is 1. The number of nitrogens with zero attached hydrogens (tertiary/aromatic N) is 4. The first-order chi connectivity index (χ1) is 21.7. The predicted molar refractivity (Wildman–Crippen MR) is 192 cm³/mol. The molecule has 0 aliphatic heterocycles. The van der Waals surface area contributed by atoms with E-state index >= 15 is 0 Å². The van der Waals surface area contributed by atoms with Crippen molar-refractivity contribution in [1.29, 1.82) is 0 Å². The summed E-state index contributed by atoms with van der Waals surface area (Å²) in [6.07, 6.45) is 4.69. The maximum Gasteiger partial charge on any atom is 0.233 e. The molecule has 3 aromatic heterocycles. The molecule has 1 N–H and O–H groups in total. The van der Waals surface area contributed by atoms with Crippen molar-refractivity contribution in [1.82, 2.24) is 4.98 Å². The van der Waals surface area contributed by atoms with Crippen molar-refractivity contribution < 1.29 is 13.2 Å². The van der Waals surface area contributed by atoms with E-state index < -0.39 is 10.0 Å². The van der Waals surface area contributed by atoms with Gasteiger partial charge in [0.05, 0.1) is 28.3 Å². The molecule has 1 atom stereocenters. The molecule has 5 rings (SSSR count). The summed E-state index contributed by atoms with van der Waals surface area (Å²) in [5.41, 5.74) is 2.40. The van der Waals surface area contributed by atoms with E-state index in [0.717, 1.165) is 38.1 Å². The molecule has 5 aromatic rings. The lowest BCUT2D eigenvalue weighted by Gasteiger charge is -2.23. The SMILES string of the molecule is CCCCC(CC)COc1ccc2nc(N=Nc3ccc(N(c4cccs4)c4cccs4)cc3NS(=O)(=O)CC(C)C)sc2c1. The number of hydrogen-bond acceptors (Lipinski definition) is 10. The van der Waals surface area contributed by atoms with Crippen molar-refractivity contribution in [2.24, 2.45) is 22.1 Å². The maximum atomic E-state index is 13.1. The van der Waals surface area contributed by atoms with Crippen molar-refractivity contribution >= 4 is 86.4 Å². The lowest BCUT2D eigenvalue weighted by Crippen LogP contribution is -2.20. The summed E-state index contributed by atoms with van der Waals surface area (Å²) in [6.45, 7) is 8.89. The molecule has 45 heavy (non-hydrogen) atoms. The van der Waals surface area contributed by atoms with Gasteiger partial charge in [-0.3, -0.25) is 9.62 Å². The van der Waals surface area contributed by atoms with Gasteiger partial charge in [-0.15, -0.1) is 32.9 Å². The molecular weight excluding hydrogens is 643 g/mol. The Bertz CT molecular complexity index is 1760. The van der Waals surface area contributed by atoms with Crippen LogP contribution in [0.2, 0.25) is 0 Å². The number of benzene rings is 2. The topological polar surface area (TPSA) is 96.2 Å². The highest BCUT2D eigenvalue weighted by Gasteiger charge is 2.20. The standard InChI is InChI=1S/C33H39N5O3S4/c1-5-7-10-24(6-2)21-41-26-14-16-28-30(20-26)44-33(34-28)36-35-27-15-13-25(19-29(27)37-45(39,40)22-23(3)4)38(31-11-8-17-42-31)32-12-9-18-43-32/h8-9,11-20,23-24,37H,5-7,10,21-22H2,1-4H3. The van der Waals surface area contributed by atoms with E-state index in [1.54, 1.807) is 28.7 Å². The summed E-state index contributed by atoms with van der Waals surface area (Å²) in [4.78, 5) is 6.74. The van der Waals surface area contributed by atoms with Gasteiger partial charge in [0.2, 0.25) is 15.2 Å². The van der Waals surface area contributed by atoms with Gasteiger partial charge in [-0.05, 0) is 89.7 Å². The zero-order valence-corrected chi connectivity index (χ0v) is 29.2. The van der Waals surface area contributed by atoms with E-state index in [1.807, 2.05) is 79.2 Å². The molecule has 0 aliphatic carbocycles. The van der Waals surface area contributed by atoms with Crippen LogP contribution in [0.4, 0.5) is 32.2 Å². The molecule has 0 bridgehead atoms. The Morgan fingerprint density at radius 1 is 0.978 bits per heavy atom. The number of sulfonamides is 1. The van der Waals surface area contributed by atoms with Crippen molar-refractivity contribution in [3.05, 3.63) is 71.4 Å². The number of fused-ring (bicyclic) bond motifs is 1. The number of rotatable bonds is 16. The van der Waals surface area contributed by atoms with Crippen molar-refractivity contribution in [3.8, 4) is 5.75 Å². The van der Waals surface area contributed by atoms with E-state index in [1.165, 1.54) is 30.6 Å². The molecule has 238 valence electrons. The third-order valence-electron chi connectivity index (χ3n) is 7.13. The molecule has 0 radical (unpaired) electrons. The van der Waals surface area contributed by atoms with Crippen LogP contribution < -0.4 is 14.4 Å². The van der Waals surface area contributed by atoms with E-state index in [4.69, 9.17) is 4.74 Å². The molecule has 0 spiro atoms. The van der Waals surface area contributed by atoms with Crippen LogP contribution in [-0.2, 0) is 10.0 Å². The summed E-state index contributed by atoms with van der Waals surface area (Å²) < 4.78 is 36.0. The van der Waals surface area contributed by atoms with E-state index in [9.17, 15) is 8.42 Å². The van der Waals surface area contributed by atoms with E-state index in [0.29, 0.717) is 29.0 Å². The molecule has 0 fully saturated rings. The van der Waals surface area contributed by atoms with E-state index in [-0.39, 0.29) is 11.7 Å². The van der Waals surface area contributed by atoms with Gasteiger partial charge >= 0.3 is 0 Å². The maximum absolute atomic E-state index is 13.1. The first kappa shape index (κ1) is 33.1. The Labute approximate surface area is 277 Å². The molecule has 3 heterocycles. The Morgan fingerprint density at radius 3 is 2.38 bits per heavy atom. The second-order valence-electron chi connectivity index (χ2n) is 11.3. The minimum Gasteiger partial charge on any atom is -0.493 e. The van der Waals surface area contributed by atoms with Crippen LogP contribution >= 0.6 is 34.0 Å². The number of thiophene rings is 2. The molecule has 8 nitrogen and oxygen atoms in total. The number of azo groups is 1. The lowest BCUT2D eigenvalue weighted by atomic mass is 10.0. The summed E-state index contributed by atoms with van der Waals surface area (Å²) in [5.74, 6) is 1.33. The Morgan fingerprint density at radius 2 is 1.73 bits per heavy atom. The highest BCUT2D eigenvalue weighted by molar-refractivity contribution is 7.92.